The van der Waals surface area contributed by atoms with E-state index in [2.05, 4.69) is 15.9 Å². The second-order valence-electron chi connectivity index (χ2n) is 4.62. The summed E-state index contributed by atoms with van der Waals surface area (Å²) >= 11 is 9.56. The van der Waals surface area contributed by atoms with Gasteiger partial charge in [-0.05, 0) is 47.9 Å². The van der Waals surface area contributed by atoms with Crippen LogP contribution in [0.25, 0.3) is 0 Å². The van der Waals surface area contributed by atoms with Crippen molar-refractivity contribution in [1.29, 1.82) is 0 Å². The van der Waals surface area contributed by atoms with Gasteiger partial charge in [0.1, 0.15) is 5.75 Å². The summed E-state index contributed by atoms with van der Waals surface area (Å²) in [5.41, 5.74) is 2.03. The second-order valence-corrected chi connectivity index (χ2v) is 5.94. The molecule has 4 nitrogen and oxygen atoms in total. The lowest BCUT2D eigenvalue weighted by Crippen LogP contribution is -2.34. The van der Waals surface area contributed by atoms with Crippen molar-refractivity contribution in [1.82, 2.24) is 0 Å². The molecule has 0 spiro atoms. The molecule has 2 rings (SSSR count). The van der Waals surface area contributed by atoms with Crippen molar-refractivity contribution in [2.45, 2.75) is 12.4 Å². The highest BCUT2D eigenvalue weighted by molar-refractivity contribution is 9.10. The SMILES string of the molecule is OC(O)(O)COc1ccc(Cc2cc(Br)ccc2Cl)cc1. The van der Waals surface area contributed by atoms with E-state index in [0.717, 1.165) is 15.6 Å². The molecule has 0 unspecified atom stereocenters. The lowest BCUT2D eigenvalue weighted by Gasteiger charge is -2.15. The quantitative estimate of drug-likeness (QED) is 0.705. The van der Waals surface area contributed by atoms with Gasteiger partial charge in [0.15, 0.2) is 6.61 Å². The molecule has 0 amide bonds. The topological polar surface area (TPSA) is 69.9 Å². The highest BCUT2D eigenvalue weighted by Gasteiger charge is 2.18. The largest absolute Gasteiger partial charge is 0.485 e. The number of aliphatic hydroxyl groups is 3. The van der Waals surface area contributed by atoms with E-state index in [1.165, 1.54) is 0 Å². The zero-order chi connectivity index (χ0) is 15.5. The van der Waals surface area contributed by atoms with Crippen LogP contribution in [0.5, 0.6) is 5.75 Å². The Bertz CT molecular complexity index is 608. The summed E-state index contributed by atoms with van der Waals surface area (Å²) in [5, 5.41) is 27.0. The maximum absolute atomic E-state index is 8.75. The lowest BCUT2D eigenvalue weighted by atomic mass is 10.1. The molecule has 0 aliphatic heterocycles. The minimum Gasteiger partial charge on any atom is -0.485 e. The maximum Gasteiger partial charge on any atom is 0.311 e. The molecule has 0 aliphatic rings. The Hall–Kier alpha value is -1.11. The van der Waals surface area contributed by atoms with E-state index in [4.69, 9.17) is 31.7 Å². The molecule has 0 bridgehead atoms. The van der Waals surface area contributed by atoms with Crippen molar-refractivity contribution in [3.8, 4) is 5.75 Å². The van der Waals surface area contributed by atoms with Crippen LogP contribution in [0.4, 0.5) is 0 Å². The first kappa shape index (κ1) is 16.3. The van der Waals surface area contributed by atoms with E-state index in [0.29, 0.717) is 17.2 Å². The molecular formula is C15H14BrClO4. The van der Waals surface area contributed by atoms with Crippen LogP contribution in [-0.2, 0) is 6.42 Å². The molecule has 6 heteroatoms. The summed E-state index contributed by atoms with van der Waals surface area (Å²) in [6.45, 7) is -0.621. The van der Waals surface area contributed by atoms with Crippen LogP contribution in [0.1, 0.15) is 11.1 Å². The molecule has 0 radical (unpaired) electrons. The summed E-state index contributed by atoms with van der Waals surface area (Å²) in [6.07, 6.45) is 0.669. The third-order valence-corrected chi connectivity index (χ3v) is 3.62. The Balaban J connectivity index is 2.04. The molecule has 3 N–H and O–H groups in total. The summed E-state index contributed by atoms with van der Waals surface area (Å²) in [5.74, 6) is -2.40. The summed E-state index contributed by atoms with van der Waals surface area (Å²) in [6, 6.07) is 12.8. The number of rotatable bonds is 5. The molecule has 112 valence electrons. The maximum atomic E-state index is 8.75. The van der Waals surface area contributed by atoms with Crippen LogP contribution < -0.4 is 4.74 Å². The smallest absolute Gasteiger partial charge is 0.311 e. The van der Waals surface area contributed by atoms with Crippen LogP contribution >= 0.6 is 27.5 Å². The van der Waals surface area contributed by atoms with Gasteiger partial charge in [0, 0.05) is 9.50 Å². The third kappa shape index (κ3) is 5.30. The number of hydrogen-bond acceptors (Lipinski definition) is 4. The number of halogens is 2. The minimum atomic E-state index is -2.83. The highest BCUT2D eigenvalue weighted by atomic mass is 79.9. The van der Waals surface area contributed by atoms with E-state index >= 15 is 0 Å². The molecule has 0 heterocycles. The Morgan fingerprint density at radius 3 is 2.33 bits per heavy atom. The average molecular weight is 374 g/mol. The van der Waals surface area contributed by atoms with E-state index in [9.17, 15) is 0 Å². The fraction of sp³-hybridized carbons (Fsp3) is 0.200. The van der Waals surface area contributed by atoms with Crippen molar-refractivity contribution in [2.24, 2.45) is 0 Å². The monoisotopic (exact) mass is 372 g/mol. The van der Waals surface area contributed by atoms with Gasteiger partial charge in [0.25, 0.3) is 0 Å². The average Bonchev–Trinajstić information content (AvgIpc) is 2.41. The van der Waals surface area contributed by atoms with E-state index in [1.807, 2.05) is 30.3 Å². The van der Waals surface area contributed by atoms with Gasteiger partial charge < -0.3 is 20.1 Å². The van der Waals surface area contributed by atoms with Gasteiger partial charge in [-0.15, -0.1) is 0 Å². The predicted molar refractivity (Wildman–Crippen MR) is 83.3 cm³/mol. The van der Waals surface area contributed by atoms with Crippen molar-refractivity contribution < 1.29 is 20.1 Å². The van der Waals surface area contributed by atoms with Crippen LogP contribution in [0.15, 0.2) is 46.9 Å². The van der Waals surface area contributed by atoms with Gasteiger partial charge in [-0.2, -0.15) is 0 Å². The number of benzene rings is 2. The molecule has 0 atom stereocenters. The first-order chi connectivity index (χ1) is 9.83. The van der Waals surface area contributed by atoms with Gasteiger partial charge >= 0.3 is 5.97 Å². The normalized spacial score (nSPS) is 11.5. The molecule has 0 saturated heterocycles. The summed E-state index contributed by atoms with van der Waals surface area (Å²) in [4.78, 5) is 0. The standard InChI is InChI=1S/C15H14BrClO4/c16-12-3-6-14(17)11(8-12)7-10-1-4-13(5-2-10)21-9-15(18,19)20/h1-6,8,18-20H,7,9H2. The Morgan fingerprint density at radius 2 is 1.71 bits per heavy atom. The number of hydrogen-bond donors (Lipinski definition) is 3. The first-order valence-electron chi connectivity index (χ1n) is 6.16. The summed E-state index contributed by atoms with van der Waals surface area (Å²) < 4.78 is 6.00. The van der Waals surface area contributed by atoms with Crippen molar-refractivity contribution in [3.05, 3.63) is 63.1 Å². The first-order valence-corrected chi connectivity index (χ1v) is 7.33. The van der Waals surface area contributed by atoms with Gasteiger partial charge in [-0.3, -0.25) is 0 Å². The second kappa shape index (κ2) is 6.77. The highest BCUT2D eigenvalue weighted by Crippen LogP contribution is 2.24. The predicted octanol–water partition coefficient (Wildman–Crippen LogP) is 2.70. The fourth-order valence-corrected chi connectivity index (χ4v) is 2.38. The molecule has 0 aromatic heterocycles. The van der Waals surface area contributed by atoms with Crippen LogP contribution in [0.3, 0.4) is 0 Å². The zero-order valence-electron chi connectivity index (χ0n) is 11.0. The number of ether oxygens (including phenoxy) is 1. The van der Waals surface area contributed by atoms with E-state index < -0.39 is 12.6 Å². The van der Waals surface area contributed by atoms with Gasteiger partial charge in [0.05, 0.1) is 0 Å². The molecule has 0 aliphatic carbocycles. The van der Waals surface area contributed by atoms with Gasteiger partial charge in [-0.1, -0.05) is 39.7 Å². The Kier molecular flexibility index (Phi) is 5.24. The fourth-order valence-electron chi connectivity index (χ4n) is 1.78. The third-order valence-electron chi connectivity index (χ3n) is 2.76. The lowest BCUT2D eigenvalue weighted by molar-refractivity contribution is -0.322. The molecular weight excluding hydrogens is 360 g/mol. The van der Waals surface area contributed by atoms with Gasteiger partial charge in [0.2, 0.25) is 0 Å². The van der Waals surface area contributed by atoms with Crippen molar-refractivity contribution >= 4 is 27.5 Å². The van der Waals surface area contributed by atoms with Crippen LogP contribution in [0, 0.1) is 0 Å². The van der Waals surface area contributed by atoms with Crippen LogP contribution in [0.2, 0.25) is 5.02 Å². The molecule has 0 fully saturated rings. The minimum absolute atomic E-state index is 0.431. The van der Waals surface area contributed by atoms with Gasteiger partial charge in [-0.25, -0.2) is 0 Å². The van der Waals surface area contributed by atoms with Crippen molar-refractivity contribution in [2.75, 3.05) is 6.61 Å². The molecule has 2 aromatic rings. The van der Waals surface area contributed by atoms with Crippen molar-refractivity contribution in [3.63, 3.8) is 0 Å². The van der Waals surface area contributed by atoms with E-state index in [-0.39, 0.29) is 0 Å². The Morgan fingerprint density at radius 1 is 1.05 bits per heavy atom. The zero-order valence-corrected chi connectivity index (χ0v) is 13.3. The Labute approximate surface area is 135 Å². The summed E-state index contributed by atoms with van der Waals surface area (Å²) in [7, 11) is 0. The van der Waals surface area contributed by atoms with Crippen LogP contribution in [-0.4, -0.2) is 27.9 Å². The molecule has 0 saturated carbocycles. The molecule has 21 heavy (non-hydrogen) atoms. The van der Waals surface area contributed by atoms with E-state index in [1.54, 1.807) is 12.1 Å². The molecule has 2 aromatic carbocycles.